The number of hydrogen-bond acceptors (Lipinski definition) is 5. The minimum absolute atomic E-state index is 0.0115. The third-order valence-electron chi connectivity index (χ3n) is 6.94. The van der Waals surface area contributed by atoms with Crippen molar-refractivity contribution in [2.24, 2.45) is 0 Å². The summed E-state index contributed by atoms with van der Waals surface area (Å²) in [7, 11) is 0. The molecule has 1 aromatic carbocycles. The number of rotatable bonds is 2. The number of hydrogen-bond donors (Lipinski definition) is 2. The number of fused-ring (bicyclic) bond motifs is 1. The molecule has 1 aromatic heterocycles. The quantitative estimate of drug-likeness (QED) is 0.815. The van der Waals surface area contributed by atoms with Crippen LogP contribution in [0.2, 0.25) is 0 Å². The van der Waals surface area contributed by atoms with Crippen LogP contribution >= 0.6 is 0 Å². The highest BCUT2D eigenvalue weighted by Gasteiger charge is 2.53. The smallest absolute Gasteiger partial charge is 0.254 e. The summed E-state index contributed by atoms with van der Waals surface area (Å²) in [6, 6.07) is 9.81. The van der Waals surface area contributed by atoms with E-state index < -0.39 is 17.3 Å². The van der Waals surface area contributed by atoms with Gasteiger partial charge in [-0.3, -0.25) is 9.78 Å². The lowest BCUT2D eigenvalue weighted by Gasteiger charge is -2.51. The Morgan fingerprint density at radius 2 is 1.93 bits per heavy atom. The number of aliphatic hydroxyl groups excluding tert-OH is 1. The fourth-order valence-corrected chi connectivity index (χ4v) is 4.88. The first-order valence-electron chi connectivity index (χ1n) is 10.6. The Balaban J connectivity index is 1.40. The number of aromatic nitrogens is 1. The number of ether oxygens (including phenoxy) is 1. The van der Waals surface area contributed by atoms with Crippen molar-refractivity contribution in [3.8, 4) is 0 Å². The van der Waals surface area contributed by atoms with Gasteiger partial charge in [-0.15, -0.1) is 0 Å². The lowest BCUT2D eigenvalue weighted by Crippen LogP contribution is -2.64. The number of amides is 1. The van der Waals surface area contributed by atoms with E-state index in [9.17, 15) is 15.0 Å². The molecule has 3 heterocycles. The molecule has 0 unspecified atom stereocenters. The van der Waals surface area contributed by atoms with Crippen LogP contribution in [0.1, 0.15) is 61.0 Å². The first-order chi connectivity index (χ1) is 13.9. The first kappa shape index (κ1) is 19.0. The van der Waals surface area contributed by atoms with E-state index in [-0.39, 0.29) is 5.91 Å². The number of piperidine rings is 1. The average Bonchev–Trinajstić information content (AvgIpc) is 3.57. The standard InChI is InChI=1S/C23H28N2O4/c1-22(28)10-13-29-23(21(22)27)8-11-25(12-9-23)20(26)17-14-19(15-6-7-15)24-18-5-3-2-4-16(17)18/h2-5,14-15,21,27-28H,6-13H2,1H3/t21-,22+/m0/s1. The molecule has 0 bridgehead atoms. The molecule has 6 nitrogen and oxygen atoms in total. The lowest BCUT2D eigenvalue weighted by atomic mass is 9.75. The molecule has 1 spiro atoms. The van der Waals surface area contributed by atoms with Gasteiger partial charge in [-0.25, -0.2) is 0 Å². The molecule has 2 saturated heterocycles. The van der Waals surface area contributed by atoms with Crippen molar-refractivity contribution in [2.75, 3.05) is 19.7 Å². The van der Waals surface area contributed by atoms with E-state index in [1.165, 1.54) is 0 Å². The third kappa shape index (κ3) is 3.23. The van der Waals surface area contributed by atoms with Crippen LogP contribution in [0.4, 0.5) is 0 Å². The summed E-state index contributed by atoms with van der Waals surface area (Å²) in [5, 5.41) is 22.1. The molecule has 2 aliphatic heterocycles. The first-order valence-corrected chi connectivity index (χ1v) is 10.6. The fourth-order valence-electron chi connectivity index (χ4n) is 4.88. The van der Waals surface area contributed by atoms with E-state index in [0.717, 1.165) is 29.4 Å². The second-order valence-electron chi connectivity index (χ2n) is 9.10. The normalized spacial score (nSPS) is 29.3. The monoisotopic (exact) mass is 396 g/mol. The van der Waals surface area contributed by atoms with E-state index in [2.05, 4.69) is 0 Å². The Hall–Kier alpha value is -2.02. The average molecular weight is 396 g/mol. The van der Waals surface area contributed by atoms with Gasteiger partial charge in [0.15, 0.2) is 0 Å². The molecule has 2 atom stereocenters. The van der Waals surface area contributed by atoms with Crippen LogP contribution in [-0.2, 0) is 4.74 Å². The van der Waals surface area contributed by atoms with Crippen molar-refractivity contribution in [3.05, 3.63) is 41.6 Å². The highest BCUT2D eigenvalue weighted by Crippen LogP contribution is 2.42. The molecule has 5 rings (SSSR count). The number of pyridine rings is 1. The number of likely N-dealkylation sites (tertiary alicyclic amines) is 1. The van der Waals surface area contributed by atoms with Crippen molar-refractivity contribution in [3.63, 3.8) is 0 Å². The molecule has 2 aromatic rings. The van der Waals surface area contributed by atoms with E-state index in [1.54, 1.807) is 6.92 Å². The van der Waals surface area contributed by atoms with Crippen LogP contribution in [0.15, 0.2) is 30.3 Å². The summed E-state index contributed by atoms with van der Waals surface area (Å²) in [6.07, 6.45) is 2.80. The van der Waals surface area contributed by atoms with Crippen molar-refractivity contribution >= 4 is 16.8 Å². The molecule has 3 fully saturated rings. The van der Waals surface area contributed by atoms with Gasteiger partial charge < -0.3 is 19.8 Å². The number of nitrogens with zero attached hydrogens (tertiary/aromatic N) is 2. The highest BCUT2D eigenvalue weighted by molar-refractivity contribution is 6.06. The summed E-state index contributed by atoms with van der Waals surface area (Å²) >= 11 is 0. The van der Waals surface area contributed by atoms with Crippen LogP contribution in [0, 0.1) is 0 Å². The van der Waals surface area contributed by atoms with Crippen LogP contribution in [-0.4, -0.2) is 63.0 Å². The minimum atomic E-state index is -1.15. The Labute approximate surface area is 170 Å². The van der Waals surface area contributed by atoms with Gasteiger partial charge >= 0.3 is 0 Å². The van der Waals surface area contributed by atoms with Gasteiger partial charge in [-0.1, -0.05) is 18.2 Å². The number of para-hydroxylation sites is 1. The van der Waals surface area contributed by atoms with Crippen molar-refractivity contribution in [1.29, 1.82) is 0 Å². The zero-order chi connectivity index (χ0) is 20.2. The Bertz CT molecular complexity index is 945. The molecule has 0 radical (unpaired) electrons. The number of carbonyl (C=O) groups is 1. The van der Waals surface area contributed by atoms with Crippen LogP contribution < -0.4 is 0 Å². The summed E-state index contributed by atoms with van der Waals surface area (Å²) in [5.41, 5.74) is 0.687. The van der Waals surface area contributed by atoms with Gasteiger partial charge in [0.25, 0.3) is 5.91 Å². The summed E-state index contributed by atoms with van der Waals surface area (Å²) in [4.78, 5) is 20.1. The topological polar surface area (TPSA) is 82.9 Å². The zero-order valence-electron chi connectivity index (χ0n) is 16.8. The van der Waals surface area contributed by atoms with E-state index >= 15 is 0 Å². The number of benzene rings is 1. The SMILES string of the molecule is C[C@@]1(O)CCOC2(CCN(C(=O)c3cc(C4CC4)nc4ccccc34)CC2)[C@H]1O. The Kier molecular flexibility index (Phi) is 4.42. The van der Waals surface area contributed by atoms with E-state index in [4.69, 9.17) is 9.72 Å². The predicted octanol–water partition coefficient (Wildman–Crippen LogP) is 2.62. The maximum atomic E-state index is 13.4. The van der Waals surface area contributed by atoms with E-state index in [1.807, 2.05) is 35.2 Å². The summed E-state index contributed by atoms with van der Waals surface area (Å²) in [5.74, 6) is 0.487. The molecule has 1 saturated carbocycles. The number of carbonyl (C=O) groups excluding carboxylic acids is 1. The van der Waals surface area contributed by atoms with Crippen molar-refractivity contribution < 1.29 is 19.7 Å². The second kappa shape index (κ2) is 6.76. The lowest BCUT2D eigenvalue weighted by molar-refractivity contribution is -0.244. The van der Waals surface area contributed by atoms with Gasteiger partial charge in [-0.2, -0.15) is 0 Å². The summed E-state index contributed by atoms with van der Waals surface area (Å²) < 4.78 is 5.96. The fraction of sp³-hybridized carbons (Fsp3) is 0.565. The van der Waals surface area contributed by atoms with Crippen molar-refractivity contribution in [1.82, 2.24) is 9.88 Å². The molecular formula is C23H28N2O4. The maximum absolute atomic E-state index is 13.4. The largest absolute Gasteiger partial charge is 0.387 e. The Morgan fingerprint density at radius 1 is 1.21 bits per heavy atom. The number of aliphatic hydroxyl groups is 2. The van der Waals surface area contributed by atoms with E-state index in [0.29, 0.717) is 50.4 Å². The molecule has 2 N–H and O–H groups in total. The molecule has 6 heteroatoms. The summed E-state index contributed by atoms with van der Waals surface area (Å²) in [6.45, 7) is 3.10. The van der Waals surface area contributed by atoms with Gasteiger partial charge in [0, 0.05) is 36.5 Å². The maximum Gasteiger partial charge on any atom is 0.254 e. The van der Waals surface area contributed by atoms with Crippen molar-refractivity contribution in [2.45, 2.75) is 62.3 Å². The van der Waals surface area contributed by atoms with Crippen LogP contribution in [0.5, 0.6) is 0 Å². The molecular weight excluding hydrogens is 368 g/mol. The van der Waals surface area contributed by atoms with Gasteiger partial charge in [0.2, 0.25) is 0 Å². The molecule has 1 amide bonds. The highest BCUT2D eigenvalue weighted by atomic mass is 16.5. The van der Waals surface area contributed by atoms with Gasteiger partial charge in [0.05, 0.1) is 23.3 Å². The molecule has 1 aliphatic carbocycles. The molecule has 154 valence electrons. The Morgan fingerprint density at radius 3 is 2.66 bits per heavy atom. The second-order valence-corrected chi connectivity index (χ2v) is 9.10. The van der Waals surface area contributed by atoms with Gasteiger partial charge in [-0.05, 0) is 44.7 Å². The third-order valence-corrected chi connectivity index (χ3v) is 6.94. The van der Waals surface area contributed by atoms with Gasteiger partial charge in [0.1, 0.15) is 11.7 Å². The zero-order valence-corrected chi connectivity index (χ0v) is 16.8. The van der Waals surface area contributed by atoms with Crippen LogP contribution in [0.3, 0.4) is 0 Å². The molecule has 29 heavy (non-hydrogen) atoms. The van der Waals surface area contributed by atoms with Crippen LogP contribution in [0.25, 0.3) is 10.9 Å². The minimum Gasteiger partial charge on any atom is -0.387 e. The molecule has 3 aliphatic rings. The predicted molar refractivity (Wildman–Crippen MR) is 109 cm³/mol.